The second kappa shape index (κ2) is 16.1. The molecule has 0 spiro atoms. The van der Waals surface area contributed by atoms with Gasteiger partial charge in [0, 0.05) is 44.6 Å². The lowest BCUT2D eigenvalue weighted by Gasteiger charge is -2.40. The van der Waals surface area contributed by atoms with Crippen LogP contribution in [0.3, 0.4) is 0 Å². The number of benzene rings is 2. The second-order valence-electron chi connectivity index (χ2n) is 12.0. The third-order valence-corrected chi connectivity index (χ3v) is 11.1. The zero-order chi connectivity index (χ0) is 32.5. The number of carbonyl (C=O) groups excluding carboxylic acids is 1. The summed E-state index contributed by atoms with van der Waals surface area (Å²) in [6.07, 6.45) is 7.27. The molecule has 2 saturated heterocycles. The Morgan fingerprint density at radius 1 is 0.913 bits per heavy atom. The number of methoxy groups -OCH3 is 2. The van der Waals surface area contributed by atoms with Gasteiger partial charge in [-0.1, -0.05) is 18.6 Å². The van der Waals surface area contributed by atoms with Crippen LogP contribution in [0.5, 0.6) is 11.5 Å². The van der Waals surface area contributed by atoms with Crippen molar-refractivity contribution < 1.29 is 37.3 Å². The summed E-state index contributed by atoms with van der Waals surface area (Å²) in [5.41, 5.74) is 0.996. The number of carbonyl (C=O) groups is 1. The van der Waals surface area contributed by atoms with E-state index in [9.17, 15) is 18.3 Å². The highest BCUT2D eigenvalue weighted by Gasteiger charge is 2.34. The monoisotopic (exact) mass is 657 g/mol. The molecule has 3 aliphatic rings. The summed E-state index contributed by atoms with van der Waals surface area (Å²) in [6, 6.07) is 14.3. The fourth-order valence-electron chi connectivity index (χ4n) is 6.51. The Morgan fingerprint density at radius 3 is 2.15 bits per heavy atom. The van der Waals surface area contributed by atoms with Gasteiger partial charge in [0.15, 0.2) is 5.76 Å². The number of rotatable bonds is 13. The van der Waals surface area contributed by atoms with Gasteiger partial charge in [-0.15, -0.1) is 0 Å². The summed E-state index contributed by atoms with van der Waals surface area (Å²) >= 11 is 0. The van der Waals surface area contributed by atoms with Gasteiger partial charge in [0.25, 0.3) is 5.91 Å². The summed E-state index contributed by atoms with van der Waals surface area (Å²) < 4.78 is 50.6. The van der Waals surface area contributed by atoms with Crippen LogP contribution in [0, 0.1) is 0 Å². The number of sulfonamides is 1. The van der Waals surface area contributed by atoms with Crippen molar-refractivity contribution in [3.63, 3.8) is 0 Å². The zero-order valence-electron chi connectivity index (χ0n) is 26.9. The number of amides is 1. The number of ether oxygens (including phenoxy) is 4. The highest BCUT2D eigenvalue weighted by Crippen LogP contribution is 2.34. The molecule has 0 aliphatic carbocycles. The summed E-state index contributed by atoms with van der Waals surface area (Å²) in [6.45, 7) is 3.23. The van der Waals surface area contributed by atoms with Crippen molar-refractivity contribution in [1.82, 2.24) is 14.1 Å². The van der Waals surface area contributed by atoms with E-state index in [1.165, 1.54) is 42.8 Å². The first-order valence-corrected chi connectivity index (χ1v) is 17.7. The van der Waals surface area contributed by atoms with Crippen molar-refractivity contribution in [3.8, 4) is 11.5 Å². The SMILES string of the molecule is COc1ccc([C@@H]2C=C(C(=O)N3CCC(N4CCCCC4)CC3)O[C@H](OCCN(CCO)S(=O)(=O)c3ccc(OC)cc3)C2)cc1. The molecule has 2 aromatic rings. The summed E-state index contributed by atoms with van der Waals surface area (Å²) in [5, 5.41) is 9.63. The molecule has 2 fully saturated rings. The maximum absolute atomic E-state index is 13.8. The molecule has 0 bridgehead atoms. The Balaban J connectivity index is 1.25. The van der Waals surface area contributed by atoms with Gasteiger partial charge in [-0.05, 0) is 86.8 Å². The average molecular weight is 658 g/mol. The van der Waals surface area contributed by atoms with Crippen molar-refractivity contribution in [2.75, 3.05) is 66.7 Å². The van der Waals surface area contributed by atoms with E-state index in [1.807, 2.05) is 35.2 Å². The smallest absolute Gasteiger partial charge is 0.288 e. The Hall–Kier alpha value is -3.16. The minimum absolute atomic E-state index is 0.000999. The number of aliphatic hydroxyl groups excluding tert-OH is 1. The fraction of sp³-hybridized carbons (Fsp3) is 0.559. The molecule has 46 heavy (non-hydrogen) atoms. The van der Waals surface area contributed by atoms with Gasteiger partial charge in [-0.25, -0.2) is 8.42 Å². The van der Waals surface area contributed by atoms with E-state index >= 15 is 0 Å². The van der Waals surface area contributed by atoms with E-state index in [-0.39, 0.29) is 48.8 Å². The second-order valence-corrected chi connectivity index (χ2v) is 13.9. The lowest BCUT2D eigenvalue weighted by molar-refractivity contribution is -0.153. The first kappa shape index (κ1) is 34.2. The van der Waals surface area contributed by atoms with Gasteiger partial charge in [0.2, 0.25) is 16.3 Å². The van der Waals surface area contributed by atoms with Crippen LogP contribution in [0.15, 0.2) is 65.3 Å². The zero-order valence-corrected chi connectivity index (χ0v) is 27.7. The standard InChI is InChI=1S/C34H47N3O8S/c1-42-29-8-6-26(7-9-29)27-24-32(34(39)36-18-14-28(15-19-36)35-16-4-3-5-17-35)45-33(25-27)44-23-21-37(20-22-38)46(40,41)31-12-10-30(43-2)11-13-31/h6-13,24,27-28,33,38H,3-5,14-23,25H2,1-2H3/t27-,33+/m1/s1. The number of piperidine rings is 2. The molecule has 0 unspecified atom stereocenters. The van der Waals surface area contributed by atoms with Crippen molar-refractivity contribution in [2.45, 2.75) is 61.7 Å². The van der Waals surface area contributed by atoms with Crippen molar-refractivity contribution >= 4 is 15.9 Å². The highest BCUT2D eigenvalue weighted by molar-refractivity contribution is 7.89. The van der Waals surface area contributed by atoms with Crippen LogP contribution in [0.1, 0.15) is 50.0 Å². The van der Waals surface area contributed by atoms with Gasteiger partial charge < -0.3 is 33.9 Å². The molecule has 1 amide bonds. The van der Waals surface area contributed by atoms with Crippen LogP contribution in [-0.2, 0) is 24.3 Å². The van der Waals surface area contributed by atoms with E-state index in [1.54, 1.807) is 19.2 Å². The third kappa shape index (κ3) is 8.40. The van der Waals surface area contributed by atoms with Gasteiger partial charge in [-0.3, -0.25) is 4.79 Å². The Bertz CT molecular complexity index is 1400. The maximum Gasteiger partial charge on any atom is 0.288 e. The number of allylic oxidation sites excluding steroid dienone is 1. The van der Waals surface area contributed by atoms with Gasteiger partial charge in [-0.2, -0.15) is 4.31 Å². The van der Waals surface area contributed by atoms with E-state index in [4.69, 9.17) is 18.9 Å². The van der Waals surface area contributed by atoms with Crippen LogP contribution in [0.4, 0.5) is 0 Å². The number of aliphatic hydroxyl groups is 1. The normalized spacial score (nSPS) is 21.5. The van der Waals surface area contributed by atoms with Gasteiger partial charge in [0.1, 0.15) is 11.5 Å². The molecule has 12 heteroatoms. The number of likely N-dealkylation sites (tertiary alicyclic amines) is 2. The summed E-state index contributed by atoms with van der Waals surface area (Å²) in [4.78, 5) is 18.3. The molecule has 0 saturated carbocycles. The first-order valence-electron chi connectivity index (χ1n) is 16.2. The van der Waals surface area contributed by atoms with Crippen LogP contribution in [-0.4, -0.2) is 113 Å². The molecule has 2 aromatic carbocycles. The predicted molar refractivity (Wildman–Crippen MR) is 173 cm³/mol. The predicted octanol–water partition coefficient (Wildman–Crippen LogP) is 3.59. The quantitative estimate of drug-likeness (QED) is 0.345. The van der Waals surface area contributed by atoms with Crippen molar-refractivity contribution in [3.05, 3.63) is 65.9 Å². The molecule has 0 aromatic heterocycles. The minimum atomic E-state index is -3.89. The first-order chi connectivity index (χ1) is 22.3. The molecule has 3 aliphatic heterocycles. The molecule has 1 N–H and O–H groups in total. The molecule has 11 nitrogen and oxygen atoms in total. The van der Waals surface area contributed by atoms with Crippen LogP contribution in [0.2, 0.25) is 0 Å². The lowest BCUT2D eigenvalue weighted by Crippen LogP contribution is -2.49. The largest absolute Gasteiger partial charge is 0.497 e. The molecule has 252 valence electrons. The summed E-state index contributed by atoms with van der Waals surface area (Å²) in [5.74, 6) is 1.25. The lowest BCUT2D eigenvalue weighted by atomic mass is 9.92. The van der Waals surface area contributed by atoms with Crippen LogP contribution < -0.4 is 9.47 Å². The number of hydrogen-bond acceptors (Lipinski definition) is 9. The Morgan fingerprint density at radius 2 is 1.54 bits per heavy atom. The Kier molecular flexibility index (Phi) is 12.0. The van der Waals surface area contributed by atoms with Crippen LogP contribution in [0.25, 0.3) is 0 Å². The van der Waals surface area contributed by atoms with Gasteiger partial charge in [0.05, 0.1) is 32.3 Å². The van der Waals surface area contributed by atoms with Crippen LogP contribution >= 0.6 is 0 Å². The molecular formula is C34H47N3O8S. The molecular weight excluding hydrogens is 610 g/mol. The van der Waals surface area contributed by atoms with E-state index in [2.05, 4.69) is 4.90 Å². The number of hydrogen-bond donors (Lipinski definition) is 1. The van der Waals surface area contributed by atoms with E-state index in [0.717, 1.165) is 37.2 Å². The van der Waals surface area contributed by atoms with Crippen molar-refractivity contribution in [1.29, 1.82) is 0 Å². The molecule has 2 atom stereocenters. The maximum atomic E-state index is 13.8. The average Bonchev–Trinajstić information content (AvgIpc) is 3.11. The third-order valence-electron chi connectivity index (χ3n) is 9.16. The molecule has 3 heterocycles. The molecule has 0 radical (unpaired) electrons. The van der Waals surface area contributed by atoms with E-state index < -0.39 is 16.3 Å². The number of nitrogens with zero attached hydrogens (tertiary/aromatic N) is 3. The minimum Gasteiger partial charge on any atom is -0.497 e. The Labute approximate surface area is 272 Å². The highest BCUT2D eigenvalue weighted by atomic mass is 32.2. The van der Waals surface area contributed by atoms with Gasteiger partial charge >= 0.3 is 0 Å². The van der Waals surface area contributed by atoms with Crippen molar-refractivity contribution in [2.24, 2.45) is 0 Å². The molecule has 5 rings (SSSR count). The fourth-order valence-corrected chi connectivity index (χ4v) is 7.93. The topological polar surface area (TPSA) is 118 Å². The summed E-state index contributed by atoms with van der Waals surface area (Å²) in [7, 11) is -0.763. The van der Waals surface area contributed by atoms with E-state index in [0.29, 0.717) is 31.3 Å².